The van der Waals surface area contributed by atoms with Crippen molar-refractivity contribution in [2.24, 2.45) is 5.73 Å². The second-order valence-corrected chi connectivity index (χ2v) is 7.46. The monoisotopic (exact) mass is 481 g/mol. The van der Waals surface area contributed by atoms with Crippen molar-refractivity contribution in [2.45, 2.75) is 12.5 Å². The molecule has 2 aromatic rings. The topological polar surface area (TPSA) is 186 Å². The first-order valence-corrected chi connectivity index (χ1v) is 10.6. The summed E-state index contributed by atoms with van der Waals surface area (Å²) in [5.41, 5.74) is 7.05. The van der Waals surface area contributed by atoms with Gasteiger partial charge in [-0.25, -0.2) is 9.59 Å². The van der Waals surface area contributed by atoms with Crippen LogP contribution in [0.2, 0.25) is 0 Å². The van der Waals surface area contributed by atoms with Crippen molar-refractivity contribution in [3.63, 3.8) is 0 Å². The Morgan fingerprint density at radius 2 is 1.69 bits per heavy atom. The quantitative estimate of drug-likeness (QED) is 0.114. The van der Waals surface area contributed by atoms with E-state index in [4.69, 9.17) is 16.2 Å². The van der Waals surface area contributed by atoms with E-state index in [9.17, 15) is 24.3 Å². The number of carbonyl (C=O) groups is 4. The van der Waals surface area contributed by atoms with Gasteiger partial charge in [0, 0.05) is 24.7 Å². The Hall–Kier alpha value is -4.67. The van der Waals surface area contributed by atoms with Crippen LogP contribution in [0.4, 0.5) is 4.79 Å². The molecule has 0 fully saturated rings. The molecule has 2 aromatic carbocycles. The molecule has 0 saturated heterocycles. The summed E-state index contributed by atoms with van der Waals surface area (Å²) >= 11 is 0. The predicted molar refractivity (Wildman–Crippen MR) is 129 cm³/mol. The Morgan fingerprint density at radius 1 is 1.03 bits per heavy atom. The van der Waals surface area contributed by atoms with Gasteiger partial charge in [-0.05, 0) is 23.6 Å². The van der Waals surface area contributed by atoms with Crippen molar-refractivity contribution in [3.05, 3.63) is 77.4 Å². The Labute approximate surface area is 201 Å². The lowest BCUT2D eigenvalue weighted by atomic mass is 10.1. The zero-order valence-electron chi connectivity index (χ0n) is 18.8. The molecule has 184 valence electrons. The highest BCUT2D eigenvalue weighted by Gasteiger charge is 2.25. The van der Waals surface area contributed by atoms with Gasteiger partial charge in [-0.15, -0.1) is 0 Å². The largest absolute Gasteiger partial charge is 0.480 e. The van der Waals surface area contributed by atoms with E-state index in [-0.39, 0.29) is 31.3 Å². The number of carbonyl (C=O) groups excluding carboxylic acids is 2. The molecule has 0 aliphatic carbocycles. The number of amides is 3. The molecule has 1 unspecified atom stereocenters. The fourth-order valence-electron chi connectivity index (χ4n) is 3.05. The SMILES string of the molecule is N=C(N)c1ccc(/C=C/C(=O)NCCCN(CC(=O)O)C(=O)NC(C(=O)O)c2ccccc2)cc1. The van der Waals surface area contributed by atoms with Crippen LogP contribution >= 0.6 is 0 Å². The number of benzene rings is 2. The molecule has 7 N–H and O–H groups in total. The fourth-order valence-corrected chi connectivity index (χ4v) is 3.05. The minimum Gasteiger partial charge on any atom is -0.480 e. The molecule has 11 nitrogen and oxygen atoms in total. The van der Waals surface area contributed by atoms with E-state index in [1.54, 1.807) is 60.7 Å². The number of nitrogens with two attached hydrogens (primary N) is 1. The smallest absolute Gasteiger partial charge is 0.330 e. The van der Waals surface area contributed by atoms with Crippen molar-refractivity contribution in [2.75, 3.05) is 19.6 Å². The molecule has 0 aromatic heterocycles. The number of nitrogen functional groups attached to an aromatic ring is 1. The molecule has 35 heavy (non-hydrogen) atoms. The molecule has 0 bridgehead atoms. The zero-order valence-corrected chi connectivity index (χ0v) is 18.8. The zero-order chi connectivity index (χ0) is 25.8. The summed E-state index contributed by atoms with van der Waals surface area (Å²) in [5, 5.41) is 30.9. The maximum atomic E-state index is 12.6. The van der Waals surface area contributed by atoms with Gasteiger partial charge >= 0.3 is 18.0 Å². The number of nitrogens with zero attached hydrogens (tertiary/aromatic N) is 1. The Kier molecular flexibility index (Phi) is 9.98. The van der Waals surface area contributed by atoms with Crippen LogP contribution in [0, 0.1) is 5.41 Å². The van der Waals surface area contributed by atoms with E-state index in [2.05, 4.69) is 10.6 Å². The third-order valence-corrected chi connectivity index (χ3v) is 4.81. The van der Waals surface area contributed by atoms with Gasteiger partial charge in [0.15, 0.2) is 6.04 Å². The number of carboxylic acid groups (broad SMARTS) is 2. The van der Waals surface area contributed by atoms with Crippen molar-refractivity contribution < 1.29 is 29.4 Å². The lowest BCUT2D eigenvalue weighted by Gasteiger charge is -2.24. The van der Waals surface area contributed by atoms with Crippen LogP contribution in [0.5, 0.6) is 0 Å². The summed E-state index contributed by atoms with van der Waals surface area (Å²) in [7, 11) is 0. The van der Waals surface area contributed by atoms with Gasteiger partial charge in [0.2, 0.25) is 5.91 Å². The van der Waals surface area contributed by atoms with Crippen molar-refractivity contribution in [1.82, 2.24) is 15.5 Å². The Bertz CT molecular complexity index is 1090. The Balaban J connectivity index is 1.87. The van der Waals surface area contributed by atoms with E-state index in [1.807, 2.05) is 0 Å². The second-order valence-electron chi connectivity index (χ2n) is 7.46. The van der Waals surface area contributed by atoms with Gasteiger partial charge in [-0.1, -0.05) is 54.6 Å². The molecule has 0 radical (unpaired) electrons. The lowest BCUT2D eigenvalue weighted by Crippen LogP contribution is -2.46. The molecular formula is C24H27N5O6. The summed E-state index contributed by atoms with van der Waals surface area (Å²) in [6.45, 7) is -0.482. The summed E-state index contributed by atoms with van der Waals surface area (Å²) < 4.78 is 0. The average molecular weight is 482 g/mol. The van der Waals surface area contributed by atoms with Gasteiger partial charge in [0.05, 0.1) is 0 Å². The van der Waals surface area contributed by atoms with Crippen LogP contribution in [0.1, 0.15) is 29.2 Å². The van der Waals surface area contributed by atoms with E-state index in [1.165, 1.54) is 6.08 Å². The van der Waals surface area contributed by atoms with Crippen LogP contribution in [-0.4, -0.2) is 64.5 Å². The van der Waals surface area contributed by atoms with Gasteiger partial charge in [0.1, 0.15) is 12.4 Å². The molecule has 0 heterocycles. The third kappa shape index (κ3) is 9.00. The molecule has 0 saturated carbocycles. The number of amidine groups is 1. The Morgan fingerprint density at radius 3 is 2.26 bits per heavy atom. The van der Waals surface area contributed by atoms with E-state index in [0.29, 0.717) is 11.1 Å². The molecule has 0 spiro atoms. The summed E-state index contributed by atoms with van der Waals surface area (Å²) in [6.07, 6.45) is 3.15. The highest BCUT2D eigenvalue weighted by atomic mass is 16.4. The minimum absolute atomic E-state index is 0.0181. The highest BCUT2D eigenvalue weighted by Crippen LogP contribution is 2.13. The first-order valence-electron chi connectivity index (χ1n) is 10.6. The van der Waals surface area contributed by atoms with E-state index >= 15 is 0 Å². The van der Waals surface area contributed by atoms with Crippen molar-refractivity contribution in [3.8, 4) is 0 Å². The third-order valence-electron chi connectivity index (χ3n) is 4.81. The first-order chi connectivity index (χ1) is 16.7. The molecule has 3 amide bonds. The number of urea groups is 1. The summed E-state index contributed by atoms with van der Waals surface area (Å²) in [4.78, 5) is 48.4. The number of rotatable bonds is 12. The number of nitrogens with one attached hydrogen (secondary N) is 3. The highest BCUT2D eigenvalue weighted by molar-refractivity contribution is 5.95. The van der Waals surface area contributed by atoms with Gasteiger partial charge in [-0.2, -0.15) is 0 Å². The minimum atomic E-state index is -1.34. The van der Waals surface area contributed by atoms with Crippen LogP contribution in [-0.2, 0) is 14.4 Å². The van der Waals surface area contributed by atoms with Gasteiger partial charge in [-0.3, -0.25) is 15.0 Å². The standard InChI is InChI=1S/C24H27N5O6/c25-22(26)18-10-7-16(8-11-18)9-12-19(30)27-13-4-14-29(15-20(31)32)24(35)28-21(23(33)34)17-5-2-1-3-6-17/h1-3,5-12,21H,4,13-15H2,(H3,25,26)(H,27,30)(H,28,35)(H,31,32)(H,33,34)/b12-9+. The van der Waals surface area contributed by atoms with Crippen molar-refractivity contribution in [1.29, 1.82) is 5.41 Å². The molecule has 11 heteroatoms. The van der Waals surface area contributed by atoms with Crippen LogP contribution in [0.25, 0.3) is 6.08 Å². The number of hydrogen-bond acceptors (Lipinski definition) is 5. The lowest BCUT2D eigenvalue weighted by molar-refractivity contribution is -0.139. The molecule has 0 aliphatic rings. The van der Waals surface area contributed by atoms with Crippen LogP contribution in [0.15, 0.2) is 60.7 Å². The molecule has 1 atom stereocenters. The maximum Gasteiger partial charge on any atom is 0.330 e. The number of carboxylic acids is 2. The van der Waals surface area contributed by atoms with E-state index < -0.39 is 30.6 Å². The first kappa shape index (κ1) is 26.6. The van der Waals surface area contributed by atoms with E-state index in [0.717, 1.165) is 10.5 Å². The van der Waals surface area contributed by atoms with Crippen molar-refractivity contribution >= 4 is 35.8 Å². The van der Waals surface area contributed by atoms with Crippen LogP contribution in [0.3, 0.4) is 0 Å². The predicted octanol–water partition coefficient (Wildman–Crippen LogP) is 1.41. The van der Waals surface area contributed by atoms with Gasteiger partial charge < -0.3 is 31.5 Å². The number of hydrogen-bond donors (Lipinski definition) is 6. The molecular weight excluding hydrogens is 454 g/mol. The second kappa shape index (κ2) is 13.1. The summed E-state index contributed by atoms with van der Waals surface area (Å²) in [6, 6.07) is 12.6. The fraction of sp³-hybridized carbons (Fsp3) is 0.208. The average Bonchev–Trinajstić information content (AvgIpc) is 2.83. The normalized spacial score (nSPS) is 11.4. The number of aliphatic carboxylic acids is 2. The maximum absolute atomic E-state index is 12.6. The molecule has 0 aliphatic heterocycles. The van der Waals surface area contributed by atoms with Gasteiger partial charge in [0.25, 0.3) is 0 Å². The summed E-state index contributed by atoms with van der Waals surface area (Å²) in [5.74, 6) is -2.98. The van der Waals surface area contributed by atoms with Crippen LogP contribution < -0.4 is 16.4 Å². The molecule has 2 rings (SSSR count).